The zero-order valence-corrected chi connectivity index (χ0v) is 31.0. The second kappa shape index (κ2) is 17.8. The molecular formula is C35H65N3O9. The lowest BCUT2D eigenvalue weighted by Gasteiger charge is -2.47. The summed E-state index contributed by atoms with van der Waals surface area (Å²) in [5.41, 5.74) is 4.30. The lowest BCUT2D eigenvalue weighted by atomic mass is 9.78. The zero-order chi connectivity index (χ0) is 35.9. The molecule has 0 saturated carbocycles. The van der Waals surface area contributed by atoms with Gasteiger partial charge in [-0.15, -0.1) is 0 Å². The number of cyclic esters (lactones) is 1. The van der Waals surface area contributed by atoms with Crippen LogP contribution >= 0.6 is 0 Å². The van der Waals surface area contributed by atoms with Crippen LogP contribution in [0.4, 0.5) is 0 Å². The molecule has 0 aromatic rings. The Balaban J connectivity index is 2.58. The monoisotopic (exact) mass is 671 g/mol. The number of rotatable bonds is 10. The molecule has 0 amide bonds. The maximum absolute atomic E-state index is 14.2. The minimum Gasteiger partial charge on any atom is -0.458 e. The number of carbonyl (C=O) groups is 3. The SMILES string of the molecule is CC[C@H]1OC(=O)C(C)C(=O)[C@H](C)[C@@H](O[C@@H]2O[C@H](CCC(C)C)C[C@H](N(C)C)[C@H]2O)[C@](C)(OC)C[C@@H](C)CN[C@H](C)[C@@H](N)[C@]1(C)OC=O. The van der Waals surface area contributed by atoms with E-state index in [0.717, 1.165) is 12.8 Å². The molecule has 0 aromatic carbocycles. The molecule has 0 bridgehead atoms. The third-order valence-corrected chi connectivity index (χ3v) is 10.6. The summed E-state index contributed by atoms with van der Waals surface area (Å²) in [6.45, 7) is 17.7. The summed E-state index contributed by atoms with van der Waals surface area (Å²) < 4.78 is 30.8. The highest BCUT2D eigenvalue weighted by Gasteiger charge is 2.51. The summed E-state index contributed by atoms with van der Waals surface area (Å²) in [6.07, 6.45) is -0.741. The fourth-order valence-electron chi connectivity index (χ4n) is 7.26. The van der Waals surface area contributed by atoms with Gasteiger partial charge < -0.3 is 44.7 Å². The molecule has 1 unspecified atom stereocenters. The second-order valence-corrected chi connectivity index (χ2v) is 15.1. The van der Waals surface area contributed by atoms with E-state index in [1.165, 1.54) is 6.92 Å². The molecule has 274 valence electrons. The Kier molecular flexibility index (Phi) is 15.7. The van der Waals surface area contributed by atoms with E-state index in [0.29, 0.717) is 38.2 Å². The first-order valence-electron chi connectivity index (χ1n) is 17.4. The lowest BCUT2D eigenvalue weighted by molar-refractivity contribution is -0.298. The normalized spacial score (nSPS) is 41.7. The number of nitrogens with zero attached hydrogens (tertiary/aromatic N) is 1. The molecule has 0 aliphatic carbocycles. The van der Waals surface area contributed by atoms with Crippen LogP contribution in [-0.2, 0) is 38.1 Å². The molecule has 2 rings (SSSR count). The molecule has 0 spiro atoms. The van der Waals surface area contributed by atoms with Crippen LogP contribution in [-0.4, -0.2) is 116 Å². The van der Waals surface area contributed by atoms with Crippen LogP contribution in [0.2, 0.25) is 0 Å². The lowest BCUT2D eigenvalue weighted by Crippen LogP contribution is -2.64. The first kappa shape index (κ1) is 41.5. The fraction of sp³-hybridized carbons (Fsp3) is 0.914. The number of carbonyl (C=O) groups excluding carboxylic acids is 3. The van der Waals surface area contributed by atoms with Gasteiger partial charge in [0.15, 0.2) is 17.7 Å². The van der Waals surface area contributed by atoms with Crippen LogP contribution in [0.3, 0.4) is 0 Å². The maximum Gasteiger partial charge on any atom is 0.316 e. The molecule has 2 saturated heterocycles. The first-order chi connectivity index (χ1) is 21.9. The summed E-state index contributed by atoms with van der Waals surface area (Å²) in [6, 6.07) is -1.30. The van der Waals surface area contributed by atoms with Crippen LogP contribution in [0.5, 0.6) is 0 Å². The van der Waals surface area contributed by atoms with E-state index in [-0.39, 0.29) is 24.1 Å². The molecule has 2 aliphatic heterocycles. The average Bonchev–Trinajstić information content (AvgIpc) is 3.02. The van der Waals surface area contributed by atoms with Gasteiger partial charge in [0.25, 0.3) is 6.47 Å². The minimum absolute atomic E-state index is 0.00849. The molecule has 47 heavy (non-hydrogen) atoms. The van der Waals surface area contributed by atoms with E-state index >= 15 is 0 Å². The number of nitrogens with two attached hydrogens (primary N) is 1. The predicted octanol–water partition coefficient (Wildman–Crippen LogP) is 3.06. The van der Waals surface area contributed by atoms with Crippen LogP contribution < -0.4 is 11.1 Å². The number of hydrogen-bond donors (Lipinski definition) is 3. The number of aliphatic hydroxyl groups excluding tert-OH is 1. The summed E-state index contributed by atoms with van der Waals surface area (Å²) >= 11 is 0. The molecular weight excluding hydrogens is 606 g/mol. The fourth-order valence-corrected chi connectivity index (χ4v) is 7.26. The van der Waals surface area contributed by atoms with E-state index in [2.05, 4.69) is 26.1 Å². The highest BCUT2D eigenvalue weighted by atomic mass is 16.7. The largest absolute Gasteiger partial charge is 0.458 e. The molecule has 4 N–H and O–H groups in total. The Labute approximate surface area is 283 Å². The molecule has 13 atom stereocenters. The van der Waals surface area contributed by atoms with Gasteiger partial charge in [-0.25, -0.2) is 0 Å². The van der Waals surface area contributed by atoms with E-state index in [4.69, 9.17) is 29.4 Å². The molecule has 2 heterocycles. The quantitative estimate of drug-likeness (QED) is 0.177. The van der Waals surface area contributed by atoms with Gasteiger partial charge in [-0.1, -0.05) is 34.6 Å². The third kappa shape index (κ3) is 10.2. The molecule has 12 heteroatoms. The molecule has 0 radical (unpaired) electrons. The number of likely N-dealkylation sites (N-methyl/N-ethyl adjacent to an activating group) is 1. The number of aliphatic hydroxyl groups is 1. The van der Waals surface area contributed by atoms with Gasteiger partial charge in [-0.3, -0.25) is 14.4 Å². The highest BCUT2D eigenvalue weighted by molar-refractivity contribution is 6.00. The first-order valence-corrected chi connectivity index (χ1v) is 17.4. The van der Waals surface area contributed by atoms with Crippen LogP contribution in [0, 0.1) is 23.7 Å². The van der Waals surface area contributed by atoms with Gasteiger partial charge in [-0.2, -0.15) is 0 Å². The summed E-state index contributed by atoms with van der Waals surface area (Å²) in [4.78, 5) is 41.4. The topological polar surface area (TPSA) is 159 Å². The standard InChI is InChI=1S/C35H65N3O9/c1-13-27-35(9,44-19-39)30(36)24(7)37-18-21(4)17-34(8,43-12)31(22(5)28(40)23(6)32(42)46-27)47-33-29(41)26(38(10)11)16-25(45-33)15-14-20(2)3/h19-27,29-31,33,37,41H,13-18,36H2,1-12H3/t21-,22+,23?,24-,25-,26+,27-,29-,30-,31-,33+,34-,35-/m1/s1. The van der Waals surface area contributed by atoms with Gasteiger partial charge in [0.1, 0.15) is 18.1 Å². The van der Waals surface area contributed by atoms with Crippen molar-refractivity contribution in [3.63, 3.8) is 0 Å². The number of ether oxygens (including phenoxy) is 5. The van der Waals surface area contributed by atoms with E-state index in [1.54, 1.807) is 27.9 Å². The number of Topliss-reactive ketones (excluding diaryl/α,β-unsaturated/α-hetero) is 1. The summed E-state index contributed by atoms with van der Waals surface area (Å²) in [5.74, 6) is -2.68. The predicted molar refractivity (Wildman–Crippen MR) is 179 cm³/mol. The van der Waals surface area contributed by atoms with Crippen molar-refractivity contribution >= 4 is 18.2 Å². The molecule has 2 fully saturated rings. The second-order valence-electron chi connectivity index (χ2n) is 15.1. The number of ketones is 1. The van der Waals surface area contributed by atoms with Crippen molar-refractivity contribution in [2.24, 2.45) is 29.4 Å². The average molecular weight is 672 g/mol. The Bertz CT molecular complexity index is 1010. The third-order valence-electron chi connectivity index (χ3n) is 10.6. The van der Waals surface area contributed by atoms with Gasteiger partial charge in [0.2, 0.25) is 0 Å². The van der Waals surface area contributed by atoms with Crippen molar-refractivity contribution in [1.29, 1.82) is 0 Å². The Hall–Kier alpha value is -1.67. The van der Waals surface area contributed by atoms with Crippen molar-refractivity contribution in [2.75, 3.05) is 27.7 Å². The van der Waals surface area contributed by atoms with Crippen molar-refractivity contribution < 1.29 is 43.2 Å². The number of hydrogen-bond acceptors (Lipinski definition) is 12. The highest BCUT2D eigenvalue weighted by Crippen LogP contribution is 2.37. The van der Waals surface area contributed by atoms with Crippen LogP contribution in [0.15, 0.2) is 0 Å². The molecule has 0 aromatic heterocycles. The van der Waals surface area contributed by atoms with E-state index < -0.39 is 65.4 Å². The summed E-state index contributed by atoms with van der Waals surface area (Å²) in [7, 11) is 5.43. The van der Waals surface area contributed by atoms with Gasteiger partial charge in [0, 0.05) is 25.1 Å². The Morgan fingerprint density at radius 3 is 2.34 bits per heavy atom. The van der Waals surface area contributed by atoms with Crippen molar-refractivity contribution in [1.82, 2.24) is 10.2 Å². The maximum atomic E-state index is 14.2. The van der Waals surface area contributed by atoms with Crippen LogP contribution in [0.1, 0.15) is 94.4 Å². The van der Waals surface area contributed by atoms with Crippen molar-refractivity contribution in [3.05, 3.63) is 0 Å². The zero-order valence-electron chi connectivity index (χ0n) is 31.0. The van der Waals surface area contributed by atoms with E-state index in [1.807, 2.05) is 32.8 Å². The number of esters is 1. The van der Waals surface area contributed by atoms with Gasteiger partial charge >= 0.3 is 5.97 Å². The Morgan fingerprint density at radius 1 is 1.17 bits per heavy atom. The Morgan fingerprint density at radius 2 is 1.81 bits per heavy atom. The summed E-state index contributed by atoms with van der Waals surface area (Å²) in [5, 5.41) is 15.0. The smallest absolute Gasteiger partial charge is 0.316 e. The van der Waals surface area contributed by atoms with Crippen LogP contribution in [0.25, 0.3) is 0 Å². The number of methoxy groups -OCH3 is 1. The molecule has 12 nitrogen and oxygen atoms in total. The van der Waals surface area contributed by atoms with Crippen molar-refractivity contribution in [2.45, 2.75) is 154 Å². The van der Waals surface area contributed by atoms with Gasteiger partial charge in [-0.05, 0) is 92.3 Å². The minimum atomic E-state index is -1.35. The van der Waals surface area contributed by atoms with Gasteiger partial charge in [0.05, 0.1) is 23.9 Å². The number of nitrogens with one attached hydrogen (secondary N) is 1. The van der Waals surface area contributed by atoms with Crippen molar-refractivity contribution in [3.8, 4) is 0 Å². The molecule has 2 aliphatic rings. The van der Waals surface area contributed by atoms with E-state index in [9.17, 15) is 19.5 Å².